The predicted octanol–water partition coefficient (Wildman–Crippen LogP) is 4.04. The van der Waals surface area contributed by atoms with Gasteiger partial charge in [0.25, 0.3) is 5.91 Å². The van der Waals surface area contributed by atoms with Crippen LogP contribution >= 0.6 is 23.5 Å². The average molecular weight is 1140 g/mol. The van der Waals surface area contributed by atoms with Crippen molar-refractivity contribution in [2.75, 3.05) is 99.3 Å². The Labute approximate surface area is 468 Å². The van der Waals surface area contributed by atoms with E-state index in [-0.39, 0.29) is 78.6 Å². The number of carbonyl (C=O) groups is 5. The fraction of sp³-hybridized carbons (Fsp3) is 0.636. The molecule has 8 atom stereocenters. The molecule has 1 amide bonds. The molecular formula is C55H74N4O18S2. The number of nitrogens with zero attached hydrogens (tertiary/aromatic N) is 3. The highest BCUT2D eigenvalue weighted by atomic mass is 32.2. The van der Waals surface area contributed by atoms with Gasteiger partial charge in [-0.3, -0.25) is 33.6 Å². The number of Topliss-reactive ketones (excluding diaryl/α,β-unsaturated/α-hetero) is 2. The van der Waals surface area contributed by atoms with Crippen molar-refractivity contribution in [2.24, 2.45) is 0 Å². The van der Waals surface area contributed by atoms with E-state index >= 15 is 0 Å². The van der Waals surface area contributed by atoms with Crippen molar-refractivity contribution in [1.29, 1.82) is 0 Å². The molecule has 3 aliphatic heterocycles. The van der Waals surface area contributed by atoms with Crippen molar-refractivity contribution in [3.05, 3.63) is 69.0 Å². The van der Waals surface area contributed by atoms with Crippen LogP contribution in [0.15, 0.2) is 24.4 Å². The summed E-state index contributed by atoms with van der Waals surface area (Å²) < 4.78 is 60.4. The molecule has 24 heteroatoms. The molecule has 5 aliphatic rings. The summed E-state index contributed by atoms with van der Waals surface area (Å²) in [6.45, 7) is 5.44. The topological polar surface area (TPSA) is 271 Å². The number of amides is 1. The highest BCUT2D eigenvalue weighted by Gasteiger charge is 2.55. The minimum atomic E-state index is -2.36. The molecule has 0 saturated carbocycles. The molecule has 22 nitrogen and oxygen atoms in total. The zero-order chi connectivity index (χ0) is 56.2. The van der Waals surface area contributed by atoms with Gasteiger partial charge in [0, 0.05) is 105 Å². The Bertz CT molecular complexity index is 2640. The molecular weight excluding hydrogens is 1070 g/mol. The maximum Gasteiger partial charge on any atom is 0.252 e. The van der Waals surface area contributed by atoms with Crippen LogP contribution in [0.1, 0.15) is 112 Å². The lowest BCUT2D eigenvalue weighted by molar-refractivity contribution is -0.256. The van der Waals surface area contributed by atoms with Gasteiger partial charge in [0.2, 0.25) is 5.78 Å². The molecule has 0 unspecified atom stereocenters. The van der Waals surface area contributed by atoms with E-state index in [1.807, 2.05) is 17.8 Å². The Morgan fingerprint density at radius 1 is 0.848 bits per heavy atom. The number of rotatable bonds is 31. The third-order valence-corrected chi connectivity index (χ3v) is 16.0. The zero-order valence-corrected chi connectivity index (χ0v) is 47.2. The number of aromatic hydroxyl groups is 2. The number of nitrogens with one attached hydrogen (secondary N) is 1. The lowest BCUT2D eigenvalue weighted by atomic mass is 9.72. The summed E-state index contributed by atoms with van der Waals surface area (Å²) in [6.07, 6.45) is 3.12. The number of morpholine rings is 1. The Balaban J connectivity index is 0.765. The van der Waals surface area contributed by atoms with Crippen LogP contribution in [0.3, 0.4) is 0 Å². The van der Waals surface area contributed by atoms with Gasteiger partial charge in [-0.2, -0.15) is 28.6 Å². The van der Waals surface area contributed by atoms with Gasteiger partial charge in [-0.1, -0.05) is 12.1 Å². The van der Waals surface area contributed by atoms with Gasteiger partial charge in [0.1, 0.15) is 34.7 Å². The Morgan fingerprint density at radius 2 is 1.54 bits per heavy atom. The molecule has 434 valence electrons. The summed E-state index contributed by atoms with van der Waals surface area (Å²) in [5.41, 5.74) is -1.26. The van der Waals surface area contributed by atoms with Gasteiger partial charge in [-0.15, -0.1) is 0 Å². The van der Waals surface area contributed by atoms with Crippen LogP contribution in [-0.4, -0.2) is 201 Å². The number of thioether (sulfide) groups is 2. The maximum absolute atomic E-state index is 14.2. The smallest absolute Gasteiger partial charge is 0.252 e. The summed E-state index contributed by atoms with van der Waals surface area (Å²) in [5, 5.41) is 43.4. The molecule has 4 N–H and O–H groups in total. The van der Waals surface area contributed by atoms with Gasteiger partial charge in [-0.05, 0) is 38.3 Å². The number of aromatic nitrogens is 2. The van der Waals surface area contributed by atoms with E-state index in [4.69, 9.17) is 47.4 Å². The summed E-state index contributed by atoms with van der Waals surface area (Å²) in [4.78, 5) is 69.9. The second kappa shape index (κ2) is 28.4. The third-order valence-electron chi connectivity index (χ3n) is 14.9. The number of aryl methyl sites for hydroxylation is 1. The van der Waals surface area contributed by atoms with Crippen molar-refractivity contribution >= 4 is 52.6 Å². The molecule has 3 saturated heterocycles. The van der Waals surface area contributed by atoms with Gasteiger partial charge in [0.05, 0.1) is 107 Å². The summed E-state index contributed by atoms with van der Waals surface area (Å²) in [7, 11) is 2.87. The summed E-state index contributed by atoms with van der Waals surface area (Å²) >= 11 is 3.55. The van der Waals surface area contributed by atoms with Crippen molar-refractivity contribution < 1.29 is 86.7 Å². The van der Waals surface area contributed by atoms with E-state index in [9.17, 15) is 39.3 Å². The first-order valence-corrected chi connectivity index (χ1v) is 29.6. The normalized spacial score (nSPS) is 24.4. The first-order valence-electron chi connectivity index (χ1n) is 26.8. The molecule has 0 bridgehead atoms. The first-order chi connectivity index (χ1) is 38.2. The Kier molecular flexibility index (Phi) is 21.8. The lowest BCUT2D eigenvalue weighted by Crippen LogP contribution is -2.55. The van der Waals surface area contributed by atoms with E-state index in [1.165, 1.54) is 43.7 Å². The number of phenols is 2. The number of hydrogen-bond donors (Lipinski definition) is 4. The highest BCUT2D eigenvalue weighted by Crippen LogP contribution is 2.53. The van der Waals surface area contributed by atoms with Crippen LogP contribution < -0.4 is 10.1 Å². The Morgan fingerprint density at radius 3 is 2.25 bits per heavy atom. The SMILES string of the molecule is COc1cccc2c1C(=O)c1c(O)c3c(c(O)c1C2=O)C[C@@](O)(C(=O)NCC(=O)CCOCCOCCOCCOCCCC(=O)CCCn1ncc(CSC)c1CSC)C[C@@H]3O[C@H]1C[C@H]2[C@H](O[C@@H]3[C@@H](OC)OCCN32)[C@H](C)O1. The number of phenolic OH excluding ortho intramolecular Hbond substituents is 2. The standard InChI is InChI=1S/C55H74N4O18S2/c1-32-51-38(58-15-18-74-53(69-3)52(58)77-51)25-42(75-32)76-41-27-55(67,26-37-44(41)50(65)46-45(48(37)63)47(62)36-11-6-12-40(68-2)43(36)49(46)64)54(66)56-29-35(61)13-17-71-20-22-73-24-23-72-21-19-70-16-8-10-34(60)9-7-14-59-39(31-79-5)33(28-57-59)30-78-4/h6,11-12,28,32,38,41-42,51-53,63,65,67H,7-10,13-27,29-31H2,1-5H3,(H,56,66)/t32-,38-,41-,42-,51+,52+,53-,55-/m0/s1. The monoisotopic (exact) mass is 1140 g/mol. The number of ether oxygens (including phenoxy) is 10. The van der Waals surface area contributed by atoms with Crippen LogP contribution in [0.2, 0.25) is 0 Å². The molecule has 2 aliphatic carbocycles. The van der Waals surface area contributed by atoms with Gasteiger partial charge < -0.3 is 68.0 Å². The molecule has 1 aromatic heterocycles. The van der Waals surface area contributed by atoms with Gasteiger partial charge in [-0.25, -0.2) is 0 Å². The molecule has 0 spiro atoms. The van der Waals surface area contributed by atoms with E-state index in [0.717, 1.165) is 24.5 Å². The number of methoxy groups -OCH3 is 2. The van der Waals surface area contributed by atoms with Crippen LogP contribution in [0.4, 0.5) is 0 Å². The van der Waals surface area contributed by atoms with Crippen LogP contribution in [0, 0.1) is 0 Å². The zero-order valence-electron chi connectivity index (χ0n) is 45.5. The molecule has 2 aromatic carbocycles. The third kappa shape index (κ3) is 14.0. The molecule has 0 radical (unpaired) electrons. The van der Waals surface area contributed by atoms with Crippen molar-refractivity contribution in [1.82, 2.24) is 20.0 Å². The fourth-order valence-electron chi connectivity index (χ4n) is 11.0. The van der Waals surface area contributed by atoms with Crippen LogP contribution in [0.25, 0.3) is 0 Å². The maximum atomic E-state index is 14.2. The summed E-state index contributed by atoms with van der Waals surface area (Å²) in [6, 6.07) is 4.19. The Hall–Kier alpha value is -4.54. The van der Waals surface area contributed by atoms with E-state index < -0.39 is 102 Å². The van der Waals surface area contributed by atoms with Crippen LogP contribution in [0.5, 0.6) is 17.2 Å². The highest BCUT2D eigenvalue weighted by molar-refractivity contribution is 7.98. The predicted molar refractivity (Wildman–Crippen MR) is 288 cm³/mol. The molecule has 8 rings (SSSR count). The molecule has 3 aromatic rings. The molecule has 79 heavy (non-hydrogen) atoms. The largest absolute Gasteiger partial charge is 0.507 e. The minimum Gasteiger partial charge on any atom is -0.507 e. The molecule has 4 heterocycles. The van der Waals surface area contributed by atoms with Crippen LogP contribution in [-0.2, 0) is 81.5 Å². The lowest BCUT2D eigenvalue weighted by Gasteiger charge is -2.43. The number of carbonyl (C=O) groups excluding carboxylic acids is 5. The van der Waals surface area contributed by atoms with Crippen molar-refractivity contribution in [3.63, 3.8) is 0 Å². The number of hydrogen-bond acceptors (Lipinski definition) is 22. The first kappa shape index (κ1) is 60.6. The van der Waals surface area contributed by atoms with E-state index in [0.29, 0.717) is 65.4 Å². The quantitative estimate of drug-likeness (QED) is 0.0409. The molecule has 3 fully saturated rings. The summed E-state index contributed by atoms with van der Waals surface area (Å²) in [5.74, 6) is -2.13. The second-order valence-corrected chi connectivity index (χ2v) is 21.8. The number of fused-ring (bicyclic) bond motifs is 6. The number of aliphatic hydroxyl groups is 1. The van der Waals surface area contributed by atoms with Crippen molar-refractivity contribution in [3.8, 4) is 17.2 Å². The van der Waals surface area contributed by atoms with Gasteiger partial charge >= 0.3 is 0 Å². The number of benzene rings is 2. The van der Waals surface area contributed by atoms with Gasteiger partial charge in [0.15, 0.2) is 30.4 Å². The number of ketones is 4. The second-order valence-electron chi connectivity index (χ2n) is 20.1. The minimum absolute atomic E-state index is 0.0405. The fourth-order valence-corrected chi connectivity index (χ4v) is 12.2. The van der Waals surface area contributed by atoms with Crippen molar-refractivity contribution in [2.45, 2.75) is 125 Å². The van der Waals surface area contributed by atoms with E-state index in [2.05, 4.69) is 27.8 Å². The average Bonchev–Trinajstić information content (AvgIpc) is 4.01. The van der Waals surface area contributed by atoms with E-state index in [1.54, 1.807) is 23.5 Å².